The average molecular weight is 415 g/mol. The van der Waals surface area contributed by atoms with E-state index in [1.807, 2.05) is 42.5 Å². The second-order valence-electron chi connectivity index (χ2n) is 6.09. The van der Waals surface area contributed by atoms with Crippen LogP contribution in [0.5, 0.6) is 5.75 Å². The monoisotopic (exact) mass is 414 g/mol. The molecule has 0 unspecified atom stereocenters. The number of para-hydroxylation sites is 3. The average Bonchev–Trinajstić information content (AvgIpc) is 2.72. The van der Waals surface area contributed by atoms with Gasteiger partial charge in [0.05, 0.1) is 29.9 Å². The molecule has 0 atom stereocenters. The van der Waals surface area contributed by atoms with Crippen LogP contribution < -0.4 is 13.9 Å². The zero-order valence-electron chi connectivity index (χ0n) is 14.9. The molecule has 0 aromatic heterocycles. The SMILES string of the molecule is COc1ccccc1N1Sc2ccccc2N(Cc2c(F)cccc2Cl)C1=O. The quantitative estimate of drug-likeness (QED) is 0.480. The lowest BCUT2D eigenvalue weighted by Gasteiger charge is -2.36. The summed E-state index contributed by atoms with van der Waals surface area (Å²) in [4.78, 5) is 15.8. The van der Waals surface area contributed by atoms with E-state index < -0.39 is 5.82 Å². The summed E-state index contributed by atoms with van der Waals surface area (Å²) >= 11 is 7.51. The van der Waals surface area contributed by atoms with Crippen molar-refractivity contribution in [3.8, 4) is 5.75 Å². The number of benzene rings is 3. The molecule has 3 aromatic carbocycles. The summed E-state index contributed by atoms with van der Waals surface area (Å²) in [5.41, 5.74) is 1.61. The molecule has 0 saturated heterocycles. The number of rotatable bonds is 4. The van der Waals surface area contributed by atoms with Gasteiger partial charge in [-0.05, 0) is 48.3 Å². The smallest absolute Gasteiger partial charge is 0.339 e. The van der Waals surface area contributed by atoms with E-state index in [1.165, 1.54) is 22.9 Å². The fourth-order valence-electron chi connectivity index (χ4n) is 3.05. The number of halogens is 2. The number of fused-ring (bicyclic) bond motifs is 1. The highest BCUT2D eigenvalue weighted by Gasteiger charge is 2.34. The minimum Gasteiger partial charge on any atom is -0.495 e. The van der Waals surface area contributed by atoms with Crippen molar-refractivity contribution in [1.82, 2.24) is 0 Å². The molecule has 28 heavy (non-hydrogen) atoms. The normalized spacial score (nSPS) is 13.5. The van der Waals surface area contributed by atoms with Crippen molar-refractivity contribution >= 4 is 41.0 Å². The second kappa shape index (κ2) is 7.73. The second-order valence-corrected chi connectivity index (χ2v) is 7.49. The van der Waals surface area contributed by atoms with Crippen LogP contribution in [0.15, 0.2) is 71.6 Å². The molecular weight excluding hydrogens is 399 g/mol. The molecule has 0 N–H and O–H groups in total. The highest BCUT2D eigenvalue weighted by molar-refractivity contribution is 8.01. The van der Waals surface area contributed by atoms with E-state index >= 15 is 0 Å². The number of methoxy groups -OCH3 is 1. The molecule has 0 aliphatic carbocycles. The minimum absolute atomic E-state index is 0.0214. The standard InChI is InChI=1S/C21H16ClFN2O2S/c1-27-19-11-4-2-9-17(19)25-21(26)24(18-10-3-5-12-20(18)28-25)13-14-15(22)7-6-8-16(14)23/h2-12H,13H2,1H3. The van der Waals surface area contributed by atoms with Crippen LogP contribution in [0.2, 0.25) is 5.02 Å². The van der Waals surface area contributed by atoms with Crippen molar-refractivity contribution in [2.45, 2.75) is 11.4 Å². The van der Waals surface area contributed by atoms with Gasteiger partial charge in [0.15, 0.2) is 0 Å². The Morgan fingerprint density at radius 2 is 1.71 bits per heavy atom. The van der Waals surface area contributed by atoms with E-state index in [0.717, 1.165) is 4.90 Å². The number of carbonyl (C=O) groups excluding carboxylic acids is 1. The van der Waals surface area contributed by atoms with Gasteiger partial charge < -0.3 is 4.74 Å². The Morgan fingerprint density at radius 3 is 2.46 bits per heavy atom. The van der Waals surface area contributed by atoms with E-state index in [2.05, 4.69) is 0 Å². The summed E-state index contributed by atoms with van der Waals surface area (Å²) in [7, 11) is 1.56. The summed E-state index contributed by atoms with van der Waals surface area (Å²) in [6.45, 7) is 0.0214. The first-order chi connectivity index (χ1) is 13.6. The van der Waals surface area contributed by atoms with Crippen LogP contribution in [0.3, 0.4) is 0 Å². The molecule has 0 fully saturated rings. The van der Waals surface area contributed by atoms with Gasteiger partial charge in [-0.15, -0.1) is 0 Å². The van der Waals surface area contributed by atoms with Gasteiger partial charge >= 0.3 is 6.03 Å². The minimum atomic E-state index is -0.445. The summed E-state index contributed by atoms with van der Waals surface area (Å²) in [5.74, 6) is 0.131. The number of carbonyl (C=O) groups is 1. The summed E-state index contributed by atoms with van der Waals surface area (Å²) in [6.07, 6.45) is 0. The van der Waals surface area contributed by atoms with Gasteiger partial charge in [0.25, 0.3) is 0 Å². The highest BCUT2D eigenvalue weighted by atomic mass is 35.5. The van der Waals surface area contributed by atoms with Crippen molar-refractivity contribution in [2.24, 2.45) is 0 Å². The summed E-state index contributed by atoms with van der Waals surface area (Å²) < 4.78 is 21.4. The summed E-state index contributed by atoms with van der Waals surface area (Å²) in [6, 6.07) is 19.0. The Morgan fingerprint density at radius 1 is 1.00 bits per heavy atom. The molecule has 4 rings (SSSR count). The van der Waals surface area contributed by atoms with Crippen molar-refractivity contribution < 1.29 is 13.9 Å². The Kier molecular flexibility index (Phi) is 5.15. The fourth-order valence-corrected chi connectivity index (χ4v) is 4.31. The lowest BCUT2D eigenvalue weighted by molar-refractivity contribution is 0.254. The number of hydrogen-bond acceptors (Lipinski definition) is 3. The Hall–Kier alpha value is -2.70. The summed E-state index contributed by atoms with van der Waals surface area (Å²) in [5, 5.41) is 0.285. The van der Waals surface area contributed by atoms with Crippen LogP contribution in [-0.4, -0.2) is 13.1 Å². The topological polar surface area (TPSA) is 32.8 Å². The first kappa shape index (κ1) is 18.7. The Bertz CT molecular complexity index is 1030. The maximum absolute atomic E-state index is 14.4. The van der Waals surface area contributed by atoms with Crippen LogP contribution in [0.25, 0.3) is 0 Å². The van der Waals surface area contributed by atoms with Crippen molar-refractivity contribution in [1.29, 1.82) is 0 Å². The molecule has 1 heterocycles. The maximum Gasteiger partial charge on any atom is 0.339 e. The van der Waals surface area contributed by atoms with Crippen molar-refractivity contribution in [3.05, 3.63) is 83.1 Å². The molecule has 3 aromatic rings. The third kappa shape index (κ3) is 3.30. The van der Waals surface area contributed by atoms with E-state index in [-0.39, 0.29) is 23.2 Å². The van der Waals surface area contributed by atoms with Gasteiger partial charge in [0.1, 0.15) is 11.6 Å². The number of hydrogen-bond donors (Lipinski definition) is 0. The molecule has 142 valence electrons. The van der Waals surface area contributed by atoms with Crippen LogP contribution in [-0.2, 0) is 6.54 Å². The number of anilines is 2. The zero-order chi connectivity index (χ0) is 19.7. The van der Waals surface area contributed by atoms with E-state index in [4.69, 9.17) is 16.3 Å². The van der Waals surface area contributed by atoms with E-state index in [0.29, 0.717) is 17.1 Å². The fraction of sp³-hybridized carbons (Fsp3) is 0.0952. The first-order valence-electron chi connectivity index (χ1n) is 8.54. The molecule has 7 heteroatoms. The molecule has 4 nitrogen and oxygen atoms in total. The van der Waals surface area contributed by atoms with Gasteiger partial charge in [0, 0.05) is 10.6 Å². The number of urea groups is 1. The third-order valence-corrected chi connectivity index (χ3v) is 5.86. The van der Waals surface area contributed by atoms with Crippen LogP contribution >= 0.6 is 23.5 Å². The lowest BCUT2D eigenvalue weighted by Crippen LogP contribution is -2.43. The largest absolute Gasteiger partial charge is 0.495 e. The maximum atomic E-state index is 14.4. The number of nitrogens with zero attached hydrogens (tertiary/aromatic N) is 2. The van der Waals surface area contributed by atoms with Crippen LogP contribution in [0, 0.1) is 5.82 Å². The predicted octanol–water partition coefficient (Wildman–Crippen LogP) is 6.14. The molecule has 0 spiro atoms. The van der Waals surface area contributed by atoms with E-state index in [1.54, 1.807) is 29.6 Å². The van der Waals surface area contributed by atoms with Gasteiger partial charge in [-0.2, -0.15) is 0 Å². The van der Waals surface area contributed by atoms with Crippen molar-refractivity contribution in [2.75, 3.05) is 16.3 Å². The van der Waals surface area contributed by atoms with Gasteiger partial charge in [0.2, 0.25) is 0 Å². The lowest BCUT2D eigenvalue weighted by atomic mass is 10.1. The first-order valence-corrected chi connectivity index (χ1v) is 9.70. The van der Waals surface area contributed by atoms with Crippen molar-refractivity contribution in [3.63, 3.8) is 0 Å². The van der Waals surface area contributed by atoms with Gasteiger partial charge in [-0.3, -0.25) is 4.90 Å². The number of amides is 2. The molecular formula is C21H16ClFN2O2S. The molecule has 2 amide bonds. The molecule has 1 aliphatic rings. The van der Waals surface area contributed by atoms with Crippen LogP contribution in [0.4, 0.5) is 20.6 Å². The highest BCUT2D eigenvalue weighted by Crippen LogP contribution is 2.44. The third-order valence-electron chi connectivity index (χ3n) is 4.43. The molecule has 0 radical (unpaired) electrons. The Labute approximate surface area is 171 Å². The molecule has 0 bridgehead atoms. The predicted molar refractivity (Wildman–Crippen MR) is 111 cm³/mol. The van der Waals surface area contributed by atoms with Gasteiger partial charge in [-0.1, -0.05) is 41.9 Å². The Balaban J connectivity index is 1.80. The zero-order valence-corrected chi connectivity index (χ0v) is 16.5. The number of ether oxygens (including phenoxy) is 1. The van der Waals surface area contributed by atoms with E-state index in [9.17, 15) is 9.18 Å². The molecule has 0 saturated carbocycles. The van der Waals surface area contributed by atoms with Crippen LogP contribution in [0.1, 0.15) is 5.56 Å². The molecule has 1 aliphatic heterocycles. The van der Waals surface area contributed by atoms with Gasteiger partial charge in [-0.25, -0.2) is 13.5 Å².